The maximum Gasteiger partial charge on any atom is 0.257 e. The Morgan fingerprint density at radius 2 is 1.62 bits per heavy atom. The molecule has 1 amide bonds. The van der Waals surface area contributed by atoms with E-state index in [0.29, 0.717) is 48.7 Å². The molecule has 7 nitrogen and oxygen atoms in total. The molecule has 1 heterocycles. The summed E-state index contributed by atoms with van der Waals surface area (Å²) in [6.07, 6.45) is 3.73. The third kappa shape index (κ3) is 6.53. The second-order valence-electron chi connectivity index (χ2n) is 8.09. The van der Waals surface area contributed by atoms with Gasteiger partial charge >= 0.3 is 0 Å². The second-order valence-corrected chi connectivity index (χ2v) is 8.50. The molecular formula is C26H35N3O4S. The van der Waals surface area contributed by atoms with Crippen LogP contribution < -0.4 is 29.7 Å². The van der Waals surface area contributed by atoms with E-state index in [-0.39, 0.29) is 11.0 Å². The molecule has 0 bridgehead atoms. The summed E-state index contributed by atoms with van der Waals surface area (Å²) < 4.78 is 17.1. The topological polar surface area (TPSA) is 72.1 Å². The number of carbonyl (C=O) groups is 1. The minimum Gasteiger partial charge on any atom is -0.490 e. The van der Waals surface area contributed by atoms with Crippen molar-refractivity contribution in [1.29, 1.82) is 0 Å². The maximum atomic E-state index is 12.9. The van der Waals surface area contributed by atoms with E-state index >= 15 is 0 Å². The number of anilines is 2. The van der Waals surface area contributed by atoms with Crippen LogP contribution in [0.25, 0.3) is 0 Å². The van der Waals surface area contributed by atoms with E-state index in [1.165, 1.54) is 24.9 Å². The summed E-state index contributed by atoms with van der Waals surface area (Å²) in [5, 5.41) is 6.04. The molecule has 34 heavy (non-hydrogen) atoms. The third-order valence-corrected chi connectivity index (χ3v) is 5.86. The molecule has 184 valence electrons. The van der Waals surface area contributed by atoms with Gasteiger partial charge in [0, 0.05) is 29.5 Å². The normalized spacial score (nSPS) is 15.4. The minimum atomic E-state index is -0.360. The average molecular weight is 486 g/mol. The maximum absolute atomic E-state index is 12.9. The van der Waals surface area contributed by atoms with E-state index in [2.05, 4.69) is 34.6 Å². The Kier molecular flexibility index (Phi) is 9.39. The number of amides is 1. The van der Waals surface area contributed by atoms with Gasteiger partial charge in [0.05, 0.1) is 19.8 Å². The van der Waals surface area contributed by atoms with Crippen molar-refractivity contribution in [2.45, 2.75) is 53.0 Å². The first-order valence-electron chi connectivity index (χ1n) is 12.0. The van der Waals surface area contributed by atoms with Crippen LogP contribution in [0.5, 0.6) is 17.2 Å². The van der Waals surface area contributed by atoms with E-state index in [0.717, 1.165) is 12.2 Å². The lowest BCUT2D eigenvalue weighted by molar-refractivity contribution is 0.0976. The number of nitrogens with one attached hydrogen (secondary N) is 2. The highest BCUT2D eigenvalue weighted by Crippen LogP contribution is 2.39. The molecule has 2 N–H and O–H groups in total. The molecule has 0 saturated carbocycles. The number of thiocarbonyl (C=S) groups is 1. The van der Waals surface area contributed by atoms with E-state index < -0.39 is 0 Å². The Balaban J connectivity index is 1.68. The number of rotatable bonds is 9. The molecule has 1 saturated heterocycles. The van der Waals surface area contributed by atoms with Crippen molar-refractivity contribution in [2.24, 2.45) is 0 Å². The molecule has 2 aromatic rings. The molecular weight excluding hydrogens is 450 g/mol. The van der Waals surface area contributed by atoms with Crippen LogP contribution in [0.2, 0.25) is 0 Å². The summed E-state index contributed by atoms with van der Waals surface area (Å²) in [5.74, 6) is 1.05. The lowest BCUT2D eigenvalue weighted by Crippen LogP contribution is -2.37. The van der Waals surface area contributed by atoms with Gasteiger partial charge in [-0.25, -0.2) is 0 Å². The lowest BCUT2D eigenvalue weighted by atomic mass is 10.0. The van der Waals surface area contributed by atoms with Gasteiger partial charge in [-0.2, -0.15) is 0 Å². The van der Waals surface area contributed by atoms with E-state index in [1.54, 1.807) is 12.1 Å². The number of hydrogen-bond donors (Lipinski definition) is 2. The number of hydrogen-bond acceptors (Lipinski definition) is 6. The van der Waals surface area contributed by atoms with Crippen LogP contribution in [0.15, 0.2) is 36.4 Å². The first-order valence-corrected chi connectivity index (χ1v) is 12.4. The van der Waals surface area contributed by atoms with Gasteiger partial charge in [-0.15, -0.1) is 0 Å². The van der Waals surface area contributed by atoms with Crippen molar-refractivity contribution >= 4 is 34.6 Å². The largest absolute Gasteiger partial charge is 0.490 e. The summed E-state index contributed by atoms with van der Waals surface area (Å²) in [5.41, 5.74) is 2.39. The molecule has 1 fully saturated rings. The summed E-state index contributed by atoms with van der Waals surface area (Å²) in [4.78, 5) is 15.4. The minimum absolute atomic E-state index is 0.217. The summed E-state index contributed by atoms with van der Waals surface area (Å²) in [6, 6.07) is 12.0. The van der Waals surface area contributed by atoms with Crippen LogP contribution in [0, 0.1) is 0 Å². The van der Waals surface area contributed by atoms with Crippen LogP contribution in [-0.4, -0.2) is 43.4 Å². The number of nitrogens with zero attached hydrogens (tertiary/aromatic N) is 1. The average Bonchev–Trinajstić information content (AvgIpc) is 2.82. The van der Waals surface area contributed by atoms with Crippen molar-refractivity contribution in [2.75, 3.05) is 36.6 Å². The van der Waals surface area contributed by atoms with Gasteiger partial charge in [-0.1, -0.05) is 0 Å². The SMILES string of the molecule is CCOc1cc(C(=O)NC(=S)Nc2ccc(N3CCCC[C@H]3C)cc2)cc(OCC)c1OCC. The van der Waals surface area contributed by atoms with Crippen molar-refractivity contribution in [3.63, 3.8) is 0 Å². The molecule has 1 aliphatic heterocycles. The Labute approximate surface area is 207 Å². The molecule has 0 aromatic heterocycles. The predicted octanol–water partition coefficient (Wildman–Crippen LogP) is 5.39. The third-order valence-electron chi connectivity index (χ3n) is 5.66. The summed E-state index contributed by atoms with van der Waals surface area (Å²) >= 11 is 5.38. The number of carbonyl (C=O) groups excluding carboxylic acids is 1. The molecule has 2 aromatic carbocycles. The van der Waals surface area contributed by atoms with Gasteiger partial charge in [0.2, 0.25) is 5.75 Å². The van der Waals surface area contributed by atoms with Crippen LogP contribution in [0.3, 0.4) is 0 Å². The van der Waals surface area contributed by atoms with Gasteiger partial charge in [0.25, 0.3) is 5.91 Å². The first kappa shape index (κ1) is 25.6. The van der Waals surface area contributed by atoms with E-state index in [1.807, 2.05) is 32.9 Å². The van der Waals surface area contributed by atoms with Crippen molar-refractivity contribution in [3.8, 4) is 17.2 Å². The number of ether oxygens (including phenoxy) is 3. The fourth-order valence-corrected chi connectivity index (χ4v) is 4.29. The number of piperidine rings is 1. The Hall–Kier alpha value is -3.00. The van der Waals surface area contributed by atoms with Crippen LogP contribution in [0.4, 0.5) is 11.4 Å². The van der Waals surface area contributed by atoms with Crippen LogP contribution in [0.1, 0.15) is 57.3 Å². The quantitative estimate of drug-likeness (QED) is 0.462. The molecule has 0 aliphatic carbocycles. The van der Waals surface area contributed by atoms with Gasteiger partial charge in [0.1, 0.15) is 0 Å². The van der Waals surface area contributed by atoms with Crippen LogP contribution >= 0.6 is 12.2 Å². The molecule has 0 radical (unpaired) electrons. The van der Waals surface area contributed by atoms with Gasteiger partial charge < -0.3 is 24.4 Å². The summed E-state index contributed by atoms with van der Waals surface area (Å²) in [7, 11) is 0. The zero-order chi connectivity index (χ0) is 24.5. The van der Waals surface area contributed by atoms with Crippen molar-refractivity contribution in [3.05, 3.63) is 42.0 Å². The summed E-state index contributed by atoms with van der Waals surface area (Å²) in [6.45, 7) is 10.3. The molecule has 0 unspecified atom stereocenters. The van der Waals surface area contributed by atoms with Crippen molar-refractivity contribution in [1.82, 2.24) is 5.32 Å². The van der Waals surface area contributed by atoms with Gasteiger partial charge in [0.15, 0.2) is 16.6 Å². The highest BCUT2D eigenvalue weighted by Gasteiger charge is 2.20. The first-order chi connectivity index (χ1) is 16.5. The number of benzene rings is 2. The van der Waals surface area contributed by atoms with E-state index in [9.17, 15) is 4.79 Å². The molecule has 1 atom stereocenters. The van der Waals surface area contributed by atoms with Crippen molar-refractivity contribution < 1.29 is 19.0 Å². The Bertz CT molecular complexity index is 954. The fraction of sp³-hybridized carbons (Fsp3) is 0.462. The van der Waals surface area contributed by atoms with E-state index in [4.69, 9.17) is 26.4 Å². The highest BCUT2D eigenvalue weighted by atomic mass is 32.1. The Morgan fingerprint density at radius 3 is 2.18 bits per heavy atom. The zero-order valence-electron chi connectivity index (χ0n) is 20.5. The molecule has 8 heteroatoms. The standard InChI is InChI=1S/C26H35N3O4S/c1-5-31-22-16-19(17-23(32-6-2)24(22)33-7-3)25(30)28-26(34)27-20-11-13-21(14-12-20)29-15-9-8-10-18(29)4/h11-14,16-18H,5-10,15H2,1-4H3,(H2,27,28,30,34)/t18-/m1/s1. The fourth-order valence-electron chi connectivity index (χ4n) is 4.08. The van der Waals surface area contributed by atoms with Crippen LogP contribution in [-0.2, 0) is 0 Å². The molecule has 0 spiro atoms. The monoisotopic (exact) mass is 485 g/mol. The highest BCUT2D eigenvalue weighted by molar-refractivity contribution is 7.80. The predicted molar refractivity (Wildman–Crippen MR) is 141 cm³/mol. The van der Waals surface area contributed by atoms with Gasteiger partial charge in [-0.3, -0.25) is 10.1 Å². The van der Waals surface area contributed by atoms with Gasteiger partial charge in [-0.05, 0) is 95.6 Å². The Morgan fingerprint density at radius 1 is 1.00 bits per heavy atom. The smallest absolute Gasteiger partial charge is 0.257 e. The second kappa shape index (κ2) is 12.5. The molecule has 1 aliphatic rings. The lowest BCUT2D eigenvalue weighted by Gasteiger charge is -2.35. The molecule has 3 rings (SSSR count). The zero-order valence-corrected chi connectivity index (χ0v) is 21.3.